The monoisotopic (exact) mass is 292 g/mol. The van der Waals surface area contributed by atoms with Crippen LogP contribution in [0, 0.1) is 6.92 Å². The molecule has 1 aliphatic carbocycles. The molecule has 3 N–H and O–H groups in total. The molecule has 0 saturated heterocycles. The highest BCUT2D eigenvalue weighted by Gasteiger charge is 2.31. The first-order valence-corrected chi connectivity index (χ1v) is 7.79. The predicted octanol–water partition coefficient (Wildman–Crippen LogP) is 4.38. The van der Waals surface area contributed by atoms with Crippen molar-refractivity contribution in [3.63, 3.8) is 0 Å². The van der Waals surface area contributed by atoms with Crippen molar-refractivity contribution in [2.75, 3.05) is 5.73 Å². The van der Waals surface area contributed by atoms with Crippen LogP contribution in [-0.2, 0) is 0 Å². The lowest BCUT2D eigenvalue weighted by atomic mass is 9.77. The molecule has 1 aromatic heterocycles. The van der Waals surface area contributed by atoms with Crippen molar-refractivity contribution in [3.8, 4) is 5.75 Å². The fourth-order valence-electron chi connectivity index (χ4n) is 3.16. The summed E-state index contributed by atoms with van der Waals surface area (Å²) in [6.07, 6.45) is 4.31. The number of rotatable bonds is 3. The molecule has 3 aromatic rings. The van der Waals surface area contributed by atoms with E-state index in [0.29, 0.717) is 12.0 Å². The number of aromatic amines is 1. The van der Waals surface area contributed by atoms with Gasteiger partial charge in [0, 0.05) is 17.1 Å². The lowest BCUT2D eigenvalue weighted by molar-refractivity contribution is 0.0987. The van der Waals surface area contributed by atoms with E-state index in [1.54, 1.807) is 0 Å². The molecule has 22 heavy (non-hydrogen) atoms. The summed E-state index contributed by atoms with van der Waals surface area (Å²) in [5, 5.41) is 1.03. The normalized spacial score (nSPS) is 20.8. The quantitative estimate of drug-likeness (QED) is 0.752. The number of anilines is 1. The minimum Gasteiger partial charge on any atom is -0.490 e. The lowest BCUT2D eigenvalue weighted by Gasteiger charge is -2.35. The third-order valence-corrected chi connectivity index (χ3v) is 4.63. The molecule has 4 rings (SSSR count). The maximum Gasteiger partial charge on any atom is 0.120 e. The van der Waals surface area contributed by atoms with Gasteiger partial charge in [0.1, 0.15) is 5.75 Å². The number of H-pyrrole nitrogens is 1. The molecule has 0 spiro atoms. The highest BCUT2D eigenvalue weighted by molar-refractivity contribution is 5.92. The molecule has 1 saturated carbocycles. The van der Waals surface area contributed by atoms with Crippen molar-refractivity contribution in [1.29, 1.82) is 0 Å². The Morgan fingerprint density at radius 3 is 2.64 bits per heavy atom. The molecule has 1 aliphatic rings. The summed E-state index contributed by atoms with van der Waals surface area (Å²) < 4.78 is 6.09. The number of aromatic nitrogens is 1. The van der Waals surface area contributed by atoms with E-state index in [9.17, 15) is 0 Å². The van der Waals surface area contributed by atoms with Crippen molar-refractivity contribution < 1.29 is 4.74 Å². The van der Waals surface area contributed by atoms with E-state index < -0.39 is 0 Å². The molecule has 0 aliphatic heterocycles. The van der Waals surface area contributed by atoms with Gasteiger partial charge in [-0.3, -0.25) is 0 Å². The summed E-state index contributed by atoms with van der Waals surface area (Å²) in [6, 6.07) is 14.9. The van der Waals surface area contributed by atoms with Gasteiger partial charge in [-0.15, -0.1) is 0 Å². The van der Waals surface area contributed by atoms with Crippen LogP contribution in [0.15, 0.2) is 48.7 Å². The van der Waals surface area contributed by atoms with Gasteiger partial charge in [0.05, 0.1) is 11.8 Å². The zero-order chi connectivity index (χ0) is 15.1. The molecule has 0 bridgehead atoms. The number of fused-ring (bicyclic) bond motifs is 1. The van der Waals surface area contributed by atoms with Gasteiger partial charge in [0.25, 0.3) is 0 Å². The lowest BCUT2D eigenvalue weighted by Crippen LogP contribution is -2.32. The van der Waals surface area contributed by atoms with E-state index in [4.69, 9.17) is 10.5 Å². The molecule has 0 unspecified atom stereocenters. The Morgan fingerprint density at radius 2 is 1.86 bits per heavy atom. The molecule has 1 fully saturated rings. The Labute approximate surface area is 130 Å². The van der Waals surface area contributed by atoms with Crippen LogP contribution >= 0.6 is 0 Å². The van der Waals surface area contributed by atoms with Gasteiger partial charge in [0.15, 0.2) is 0 Å². The van der Waals surface area contributed by atoms with Crippen molar-refractivity contribution in [1.82, 2.24) is 4.98 Å². The van der Waals surface area contributed by atoms with Gasteiger partial charge in [-0.05, 0) is 49.4 Å². The number of nitrogens with one attached hydrogen (secondary N) is 1. The predicted molar refractivity (Wildman–Crippen MR) is 90.3 cm³/mol. The van der Waals surface area contributed by atoms with E-state index >= 15 is 0 Å². The van der Waals surface area contributed by atoms with Gasteiger partial charge in [-0.2, -0.15) is 0 Å². The number of hydrogen-bond acceptors (Lipinski definition) is 2. The molecule has 1 heterocycles. The first-order chi connectivity index (χ1) is 10.7. The Kier molecular flexibility index (Phi) is 3.07. The second kappa shape index (κ2) is 5.09. The third kappa shape index (κ3) is 2.33. The second-order valence-electron chi connectivity index (χ2n) is 6.27. The van der Waals surface area contributed by atoms with Crippen LogP contribution < -0.4 is 10.5 Å². The topological polar surface area (TPSA) is 51.0 Å². The van der Waals surface area contributed by atoms with Crippen molar-refractivity contribution in [2.45, 2.75) is 31.8 Å². The summed E-state index contributed by atoms with van der Waals surface area (Å²) in [6.45, 7) is 2.12. The van der Waals surface area contributed by atoms with Crippen LogP contribution in [0.4, 0.5) is 5.69 Å². The average molecular weight is 292 g/mol. The molecule has 0 amide bonds. The summed E-state index contributed by atoms with van der Waals surface area (Å²) in [5.74, 6) is 1.54. The van der Waals surface area contributed by atoms with E-state index in [2.05, 4.69) is 36.2 Å². The number of benzene rings is 2. The fraction of sp³-hybridized carbons (Fsp3) is 0.263. The van der Waals surface area contributed by atoms with E-state index in [1.165, 1.54) is 11.1 Å². The Morgan fingerprint density at radius 1 is 1.09 bits per heavy atom. The average Bonchev–Trinajstić information content (AvgIpc) is 2.85. The SMILES string of the molecule is Cc1ccc(C2CC(Oc3ccc4[nH]cc(N)c4c3)C2)cc1. The Balaban J connectivity index is 1.42. The number of aryl methyl sites for hydroxylation is 1. The molecule has 0 atom stereocenters. The fourth-order valence-corrected chi connectivity index (χ4v) is 3.16. The smallest absolute Gasteiger partial charge is 0.120 e. The van der Waals surface area contributed by atoms with Crippen molar-refractivity contribution in [3.05, 3.63) is 59.8 Å². The van der Waals surface area contributed by atoms with Crippen molar-refractivity contribution in [2.24, 2.45) is 0 Å². The van der Waals surface area contributed by atoms with Crippen LogP contribution in [-0.4, -0.2) is 11.1 Å². The summed E-state index contributed by atoms with van der Waals surface area (Å²) >= 11 is 0. The summed E-state index contributed by atoms with van der Waals surface area (Å²) in [5.41, 5.74) is 10.5. The highest BCUT2D eigenvalue weighted by Crippen LogP contribution is 2.39. The number of nitrogens with two attached hydrogens (primary N) is 1. The van der Waals surface area contributed by atoms with Crippen LogP contribution in [0.3, 0.4) is 0 Å². The third-order valence-electron chi connectivity index (χ3n) is 4.63. The maximum absolute atomic E-state index is 6.09. The largest absolute Gasteiger partial charge is 0.490 e. The van der Waals surface area contributed by atoms with E-state index in [0.717, 1.165) is 35.2 Å². The molecular weight excluding hydrogens is 272 g/mol. The number of ether oxygens (including phenoxy) is 1. The van der Waals surface area contributed by atoms with E-state index in [-0.39, 0.29) is 0 Å². The standard InChI is InChI=1S/C19H20N2O/c1-12-2-4-13(5-3-12)14-8-16(9-14)22-15-6-7-19-17(10-15)18(20)11-21-19/h2-7,10-11,14,16,21H,8-9,20H2,1H3. The summed E-state index contributed by atoms with van der Waals surface area (Å²) in [4.78, 5) is 3.15. The first kappa shape index (κ1) is 13.3. The minimum absolute atomic E-state index is 0.309. The first-order valence-electron chi connectivity index (χ1n) is 7.79. The van der Waals surface area contributed by atoms with Gasteiger partial charge >= 0.3 is 0 Å². The van der Waals surface area contributed by atoms with Crippen LogP contribution in [0.1, 0.15) is 29.9 Å². The molecular formula is C19H20N2O. The van der Waals surface area contributed by atoms with Gasteiger partial charge in [-0.25, -0.2) is 0 Å². The number of nitrogen functional groups attached to an aromatic ring is 1. The van der Waals surface area contributed by atoms with Gasteiger partial charge < -0.3 is 15.5 Å². The Hall–Kier alpha value is -2.42. The van der Waals surface area contributed by atoms with Gasteiger partial charge in [-0.1, -0.05) is 29.8 Å². The van der Waals surface area contributed by atoms with Crippen LogP contribution in [0.25, 0.3) is 10.9 Å². The molecule has 0 radical (unpaired) electrons. The van der Waals surface area contributed by atoms with Crippen LogP contribution in [0.2, 0.25) is 0 Å². The zero-order valence-electron chi connectivity index (χ0n) is 12.7. The second-order valence-corrected chi connectivity index (χ2v) is 6.27. The van der Waals surface area contributed by atoms with E-state index in [1.807, 2.05) is 24.4 Å². The number of hydrogen-bond donors (Lipinski definition) is 2. The highest BCUT2D eigenvalue weighted by atomic mass is 16.5. The Bertz CT molecular complexity index is 798. The minimum atomic E-state index is 0.309. The summed E-state index contributed by atoms with van der Waals surface area (Å²) in [7, 11) is 0. The van der Waals surface area contributed by atoms with Crippen molar-refractivity contribution >= 4 is 16.6 Å². The zero-order valence-corrected chi connectivity index (χ0v) is 12.7. The maximum atomic E-state index is 6.09. The molecule has 3 heteroatoms. The molecule has 112 valence electrons. The van der Waals surface area contributed by atoms with Gasteiger partial charge in [0.2, 0.25) is 0 Å². The molecule has 3 nitrogen and oxygen atoms in total. The molecule has 2 aromatic carbocycles. The van der Waals surface area contributed by atoms with Crippen LogP contribution in [0.5, 0.6) is 5.75 Å².